The van der Waals surface area contributed by atoms with Gasteiger partial charge in [0.15, 0.2) is 10.9 Å². The number of amides is 2. The maximum atomic E-state index is 12.4. The number of benzene rings is 1. The lowest BCUT2D eigenvalue weighted by Gasteiger charge is -2.24. The maximum absolute atomic E-state index is 12.4. The molecule has 22 heavy (non-hydrogen) atoms. The minimum Gasteiger partial charge on any atom is -0.326 e. The highest BCUT2D eigenvalue weighted by Gasteiger charge is 2.30. The van der Waals surface area contributed by atoms with Gasteiger partial charge in [-0.15, -0.1) is 11.3 Å². The van der Waals surface area contributed by atoms with E-state index in [-0.39, 0.29) is 24.0 Å². The average molecular weight is 315 g/mol. The van der Waals surface area contributed by atoms with Crippen LogP contribution < -0.4 is 10.6 Å². The number of Topliss-reactive ketones (excluding diaryl/α,β-unsaturated/α-hetero) is 1. The first-order valence-corrected chi connectivity index (χ1v) is 7.58. The number of ketones is 1. The Balaban J connectivity index is 1.82. The minimum absolute atomic E-state index is 0.0911. The molecule has 112 valence electrons. The quantitative estimate of drug-likeness (QED) is 0.851. The number of hydrogen-bond acceptors (Lipinski definition) is 5. The summed E-state index contributed by atoms with van der Waals surface area (Å²) < 4.78 is 0. The summed E-state index contributed by atoms with van der Waals surface area (Å²) in [6.45, 7) is 1.42. The summed E-state index contributed by atoms with van der Waals surface area (Å²) in [5, 5.41) is 7.39. The van der Waals surface area contributed by atoms with Gasteiger partial charge >= 0.3 is 0 Å². The van der Waals surface area contributed by atoms with Crippen molar-refractivity contribution < 1.29 is 14.4 Å². The lowest BCUT2D eigenvalue weighted by atomic mass is 9.90. The first kappa shape index (κ1) is 14.4. The molecule has 1 aromatic carbocycles. The van der Waals surface area contributed by atoms with Crippen LogP contribution in [0.4, 0.5) is 10.8 Å². The fourth-order valence-electron chi connectivity index (χ4n) is 2.33. The van der Waals surface area contributed by atoms with E-state index < -0.39 is 5.92 Å². The highest BCUT2D eigenvalue weighted by atomic mass is 32.1. The van der Waals surface area contributed by atoms with Crippen LogP contribution in [-0.2, 0) is 9.59 Å². The van der Waals surface area contributed by atoms with Gasteiger partial charge in [0, 0.05) is 24.4 Å². The van der Waals surface area contributed by atoms with Gasteiger partial charge in [-0.1, -0.05) is 18.2 Å². The molecule has 3 rings (SSSR count). The SMILES string of the molecule is CC(=O)c1csc(NC(=O)C2CC(=O)Nc3ccccc32)n1. The Labute approximate surface area is 130 Å². The molecule has 1 aliphatic rings. The molecule has 0 radical (unpaired) electrons. The van der Waals surface area contributed by atoms with Crippen LogP contribution in [-0.4, -0.2) is 22.6 Å². The number of anilines is 2. The summed E-state index contributed by atoms with van der Waals surface area (Å²) in [5.41, 5.74) is 1.76. The normalized spacial score (nSPS) is 16.6. The molecule has 0 saturated heterocycles. The first-order valence-electron chi connectivity index (χ1n) is 6.70. The second-order valence-corrected chi connectivity index (χ2v) is 5.83. The van der Waals surface area contributed by atoms with Crippen LogP contribution in [0.25, 0.3) is 0 Å². The van der Waals surface area contributed by atoms with Crippen LogP contribution in [0, 0.1) is 0 Å². The molecule has 6 nitrogen and oxygen atoms in total. The van der Waals surface area contributed by atoms with E-state index in [0.29, 0.717) is 16.5 Å². The predicted octanol–water partition coefficient (Wildman–Crippen LogP) is 2.41. The fraction of sp³-hybridized carbons (Fsp3) is 0.200. The molecule has 1 aromatic heterocycles. The summed E-state index contributed by atoms with van der Waals surface area (Å²) in [4.78, 5) is 39.5. The highest BCUT2D eigenvalue weighted by Crippen LogP contribution is 2.33. The van der Waals surface area contributed by atoms with Gasteiger partial charge in [0.25, 0.3) is 0 Å². The van der Waals surface area contributed by atoms with Crippen LogP contribution >= 0.6 is 11.3 Å². The number of carbonyl (C=O) groups is 3. The third-order valence-corrected chi connectivity index (χ3v) is 4.17. The zero-order valence-electron chi connectivity index (χ0n) is 11.8. The van der Waals surface area contributed by atoms with Gasteiger partial charge in [0.1, 0.15) is 5.69 Å². The van der Waals surface area contributed by atoms with E-state index >= 15 is 0 Å². The fourth-order valence-corrected chi connectivity index (χ4v) is 3.08. The number of para-hydroxylation sites is 1. The average Bonchev–Trinajstić information content (AvgIpc) is 2.95. The summed E-state index contributed by atoms with van der Waals surface area (Å²) in [5.74, 6) is -1.21. The smallest absolute Gasteiger partial charge is 0.234 e. The van der Waals surface area contributed by atoms with Crippen LogP contribution in [0.1, 0.15) is 35.3 Å². The number of carbonyl (C=O) groups excluding carboxylic acids is 3. The van der Waals surface area contributed by atoms with Gasteiger partial charge in [-0.05, 0) is 11.6 Å². The second kappa shape index (κ2) is 5.69. The molecular weight excluding hydrogens is 302 g/mol. The number of thiazole rings is 1. The number of rotatable bonds is 3. The van der Waals surface area contributed by atoms with Gasteiger partial charge in [-0.2, -0.15) is 0 Å². The van der Waals surface area contributed by atoms with Crippen LogP contribution in [0.2, 0.25) is 0 Å². The van der Waals surface area contributed by atoms with Crippen molar-refractivity contribution in [2.45, 2.75) is 19.3 Å². The molecule has 0 spiro atoms. The van der Waals surface area contributed by atoms with E-state index in [9.17, 15) is 14.4 Å². The standard InChI is InChI=1S/C15H13N3O3S/c1-8(19)12-7-22-15(17-12)18-14(21)10-6-13(20)16-11-5-3-2-4-9(10)11/h2-5,7,10H,6H2,1H3,(H,16,20)(H,17,18,21). The summed E-state index contributed by atoms with van der Waals surface area (Å²) >= 11 is 1.19. The predicted molar refractivity (Wildman–Crippen MR) is 83.2 cm³/mol. The van der Waals surface area contributed by atoms with Crippen LogP contribution in [0.3, 0.4) is 0 Å². The number of nitrogens with zero attached hydrogens (tertiary/aromatic N) is 1. The van der Waals surface area contributed by atoms with E-state index in [2.05, 4.69) is 15.6 Å². The Kier molecular flexibility index (Phi) is 3.72. The Morgan fingerprint density at radius 2 is 2.14 bits per heavy atom. The third kappa shape index (κ3) is 2.75. The Morgan fingerprint density at radius 1 is 1.36 bits per heavy atom. The van der Waals surface area contributed by atoms with Crippen molar-refractivity contribution in [1.29, 1.82) is 0 Å². The zero-order valence-corrected chi connectivity index (χ0v) is 12.6. The van der Waals surface area contributed by atoms with Gasteiger partial charge < -0.3 is 10.6 Å². The number of hydrogen-bond donors (Lipinski definition) is 2. The highest BCUT2D eigenvalue weighted by molar-refractivity contribution is 7.14. The molecule has 2 heterocycles. The Morgan fingerprint density at radius 3 is 2.86 bits per heavy atom. The second-order valence-electron chi connectivity index (χ2n) is 4.98. The van der Waals surface area contributed by atoms with E-state index in [1.807, 2.05) is 12.1 Å². The monoisotopic (exact) mass is 315 g/mol. The molecule has 0 bridgehead atoms. The van der Waals surface area contributed by atoms with Gasteiger partial charge in [0.2, 0.25) is 11.8 Å². The molecule has 2 amide bonds. The molecule has 1 unspecified atom stereocenters. The van der Waals surface area contributed by atoms with Crippen molar-refractivity contribution in [1.82, 2.24) is 4.98 Å². The summed E-state index contributed by atoms with van der Waals surface area (Å²) in [6.07, 6.45) is 0.0911. The summed E-state index contributed by atoms with van der Waals surface area (Å²) in [7, 11) is 0. The van der Waals surface area contributed by atoms with E-state index in [0.717, 1.165) is 5.56 Å². The topological polar surface area (TPSA) is 88.2 Å². The molecule has 0 fully saturated rings. The van der Waals surface area contributed by atoms with Crippen molar-refractivity contribution in [3.05, 3.63) is 40.9 Å². The molecule has 1 atom stereocenters. The van der Waals surface area contributed by atoms with Gasteiger partial charge in [-0.25, -0.2) is 4.98 Å². The zero-order chi connectivity index (χ0) is 15.7. The number of fused-ring (bicyclic) bond motifs is 1. The van der Waals surface area contributed by atoms with E-state index in [1.54, 1.807) is 17.5 Å². The molecule has 0 aliphatic carbocycles. The maximum Gasteiger partial charge on any atom is 0.234 e. The Hall–Kier alpha value is -2.54. The summed E-state index contributed by atoms with van der Waals surface area (Å²) in [6, 6.07) is 7.22. The Bertz CT molecular complexity index is 769. The van der Waals surface area contributed by atoms with Gasteiger partial charge in [0.05, 0.1) is 5.92 Å². The molecule has 1 aliphatic heterocycles. The lowest BCUT2D eigenvalue weighted by molar-refractivity contribution is -0.123. The minimum atomic E-state index is -0.561. The molecule has 2 N–H and O–H groups in total. The lowest BCUT2D eigenvalue weighted by Crippen LogP contribution is -2.30. The first-order chi connectivity index (χ1) is 10.5. The van der Waals surface area contributed by atoms with Crippen molar-refractivity contribution in [2.75, 3.05) is 10.6 Å². The number of nitrogens with one attached hydrogen (secondary N) is 2. The van der Waals surface area contributed by atoms with Gasteiger partial charge in [-0.3, -0.25) is 14.4 Å². The molecule has 7 heteroatoms. The van der Waals surface area contributed by atoms with Crippen LogP contribution in [0.5, 0.6) is 0 Å². The number of aromatic nitrogens is 1. The van der Waals surface area contributed by atoms with Crippen LogP contribution in [0.15, 0.2) is 29.6 Å². The van der Waals surface area contributed by atoms with Crippen molar-refractivity contribution >= 4 is 39.8 Å². The van der Waals surface area contributed by atoms with E-state index in [4.69, 9.17) is 0 Å². The molecular formula is C15H13N3O3S. The van der Waals surface area contributed by atoms with E-state index in [1.165, 1.54) is 18.3 Å². The van der Waals surface area contributed by atoms with Crippen molar-refractivity contribution in [3.8, 4) is 0 Å². The van der Waals surface area contributed by atoms with Crippen molar-refractivity contribution in [2.24, 2.45) is 0 Å². The largest absolute Gasteiger partial charge is 0.326 e. The third-order valence-electron chi connectivity index (χ3n) is 3.41. The van der Waals surface area contributed by atoms with Crippen molar-refractivity contribution in [3.63, 3.8) is 0 Å². The molecule has 0 saturated carbocycles. The molecule has 2 aromatic rings.